The van der Waals surface area contributed by atoms with Gasteiger partial charge >= 0.3 is 0 Å². The molecule has 0 fully saturated rings. The van der Waals surface area contributed by atoms with E-state index in [-0.39, 0.29) is 6.04 Å². The first kappa shape index (κ1) is 20.1. The molecular formula is C22H24ClN7. The van der Waals surface area contributed by atoms with Gasteiger partial charge in [-0.1, -0.05) is 54.1 Å². The van der Waals surface area contributed by atoms with Crippen LogP contribution >= 0.6 is 11.6 Å². The minimum Gasteiger partial charge on any atom is -0.365 e. The second-order valence-electron chi connectivity index (χ2n) is 7.24. The Hall–Kier alpha value is -3.16. The van der Waals surface area contributed by atoms with Gasteiger partial charge in [0.05, 0.1) is 11.6 Å². The Kier molecular flexibility index (Phi) is 5.83. The number of aryl methyl sites for hydroxylation is 2. The van der Waals surface area contributed by atoms with E-state index in [0.717, 1.165) is 32.7 Å². The molecule has 1 unspecified atom stereocenters. The van der Waals surface area contributed by atoms with E-state index in [1.54, 1.807) is 10.9 Å². The third-order valence-corrected chi connectivity index (χ3v) is 5.40. The normalized spacial score (nSPS) is 12.1. The van der Waals surface area contributed by atoms with E-state index in [0.29, 0.717) is 24.9 Å². The fraction of sp³-hybridized carbons (Fsp3) is 0.227. The van der Waals surface area contributed by atoms with E-state index < -0.39 is 0 Å². The standard InChI is InChI=1S/C22H24ClN7/c1-14-8-9-15(10-18(14)23)11-25-20-17-12-27-30(2)21(17)29-22(28-20)26-13-19(24)16-6-4-3-5-7-16/h3-10,12,19H,11,13,24H2,1-2H3,(H2,25,26,28,29). The van der Waals surface area contributed by atoms with E-state index in [1.807, 2.05) is 62.5 Å². The molecular weight excluding hydrogens is 398 g/mol. The molecule has 0 aliphatic rings. The first-order valence-corrected chi connectivity index (χ1v) is 10.1. The molecule has 4 N–H and O–H groups in total. The van der Waals surface area contributed by atoms with Crippen molar-refractivity contribution in [1.82, 2.24) is 19.7 Å². The molecule has 0 amide bonds. The maximum Gasteiger partial charge on any atom is 0.226 e. The van der Waals surface area contributed by atoms with Crippen molar-refractivity contribution in [3.63, 3.8) is 0 Å². The summed E-state index contributed by atoms with van der Waals surface area (Å²) in [5.41, 5.74) is 10.2. The Balaban J connectivity index is 1.54. The van der Waals surface area contributed by atoms with Gasteiger partial charge in [0.2, 0.25) is 5.95 Å². The summed E-state index contributed by atoms with van der Waals surface area (Å²) in [5.74, 6) is 1.21. The van der Waals surface area contributed by atoms with Gasteiger partial charge in [-0.15, -0.1) is 0 Å². The highest BCUT2D eigenvalue weighted by Gasteiger charge is 2.13. The number of aromatic nitrogens is 4. The molecule has 2 heterocycles. The van der Waals surface area contributed by atoms with Crippen LogP contribution in [0.5, 0.6) is 0 Å². The highest BCUT2D eigenvalue weighted by atomic mass is 35.5. The van der Waals surface area contributed by atoms with Crippen molar-refractivity contribution >= 4 is 34.4 Å². The quantitative estimate of drug-likeness (QED) is 0.417. The first-order chi connectivity index (χ1) is 14.5. The minimum absolute atomic E-state index is 0.164. The van der Waals surface area contributed by atoms with Gasteiger partial charge in [0.1, 0.15) is 5.82 Å². The van der Waals surface area contributed by atoms with Crippen molar-refractivity contribution in [2.75, 3.05) is 17.2 Å². The largest absolute Gasteiger partial charge is 0.365 e. The average Bonchev–Trinajstić information content (AvgIpc) is 3.14. The predicted octanol–water partition coefficient (Wildman–Crippen LogP) is 4.05. The average molecular weight is 422 g/mol. The number of hydrogen-bond acceptors (Lipinski definition) is 6. The molecule has 4 rings (SSSR count). The lowest BCUT2D eigenvalue weighted by molar-refractivity contribution is 0.756. The van der Waals surface area contributed by atoms with Crippen LogP contribution in [0.25, 0.3) is 11.0 Å². The van der Waals surface area contributed by atoms with Crippen LogP contribution in [0.3, 0.4) is 0 Å². The fourth-order valence-electron chi connectivity index (χ4n) is 3.19. The number of nitrogens with zero attached hydrogens (tertiary/aromatic N) is 4. The summed E-state index contributed by atoms with van der Waals surface area (Å²) in [6.45, 7) is 3.09. The monoisotopic (exact) mass is 421 g/mol. The Bertz CT molecular complexity index is 1160. The lowest BCUT2D eigenvalue weighted by Crippen LogP contribution is -2.21. The van der Waals surface area contributed by atoms with Crippen LogP contribution < -0.4 is 16.4 Å². The number of halogens is 1. The van der Waals surface area contributed by atoms with E-state index in [1.165, 1.54) is 0 Å². The Morgan fingerprint density at radius 2 is 1.90 bits per heavy atom. The van der Waals surface area contributed by atoms with Crippen LogP contribution in [0.1, 0.15) is 22.7 Å². The molecule has 0 saturated carbocycles. The topological polar surface area (TPSA) is 93.7 Å². The van der Waals surface area contributed by atoms with Crippen LogP contribution in [0.15, 0.2) is 54.7 Å². The number of rotatable bonds is 7. The van der Waals surface area contributed by atoms with E-state index >= 15 is 0 Å². The van der Waals surface area contributed by atoms with Crippen molar-refractivity contribution in [2.45, 2.75) is 19.5 Å². The van der Waals surface area contributed by atoms with Gasteiger partial charge in [0, 0.05) is 31.2 Å². The first-order valence-electron chi connectivity index (χ1n) is 9.74. The molecule has 4 aromatic rings. The van der Waals surface area contributed by atoms with Crippen molar-refractivity contribution < 1.29 is 0 Å². The maximum absolute atomic E-state index is 6.30. The van der Waals surface area contributed by atoms with E-state index in [2.05, 4.69) is 25.7 Å². The van der Waals surface area contributed by atoms with E-state index in [4.69, 9.17) is 17.3 Å². The van der Waals surface area contributed by atoms with E-state index in [9.17, 15) is 0 Å². The molecule has 0 saturated heterocycles. The molecule has 0 bridgehead atoms. The van der Waals surface area contributed by atoms with Crippen molar-refractivity contribution in [1.29, 1.82) is 0 Å². The Morgan fingerprint density at radius 1 is 1.10 bits per heavy atom. The Morgan fingerprint density at radius 3 is 2.67 bits per heavy atom. The lowest BCUT2D eigenvalue weighted by atomic mass is 10.1. The van der Waals surface area contributed by atoms with Crippen LogP contribution in [0.4, 0.5) is 11.8 Å². The zero-order chi connectivity index (χ0) is 21.1. The molecule has 0 spiro atoms. The zero-order valence-electron chi connectivity index (χ0n) is 16.9. The number of nitrogens with one attached hydrogen (secondary N) is 2. The molecule has 0 aliphatic carbocycles. The molecule has 2 aromatic heterocycles. The number of fused-ring (bicyclic) bond motifs is 1. The number of hydrogen-bond donors (Lipinski definition) is 3. The van der Waals surface area contributed by atoms with Crippen LogP contribution in [0.2, 0.25) is 5.02 Å². The zero-order valence-corrected chi connectivity index (χ0v) is 17.7. The summed E-state index contributed by atoms with van der Waals surface area (Å²) >= 11 is 6.25. The summed E-state index contributed by atoms with van der Waals surface area (Å²) in [7, 11) is 1.86. The minimum atomic E-state index is -0.164. The lowest BCUT2D eigenvalue weighted by Gasteiger charge is -2.14. The third kappa shape index (κ3) is 4.37. The predicted molar refractivity (Wildman–Crippen MR) is 122 cm³/mol. The third-order valence-electron chi connectivity index (χ3n) is 5.00. The maximum atomic E-state index is 6.30. The fourth-order valence-corrected chi connectivity index (χ4v) is 3.39. The smallest absolute Gasteiger partial charge is 0.226 e. The summed E-state index contributed by atoms with van der Waals surface area (Å²) in [4.78, 5) is 9.26. The SMILES string of the molecule is Cc1ccc(CNc2nc(NCC(N)c3ccccc3)nc3c2cnn3C)cc1Cl. The summed E-state index contributed by atoms with van der Waals surface area (Å²) in [6.07, 6.45) is 1.76. The molecule has 0 radical (unpaired) electrons. The molecule has 1 atom stereocenters. The molecule has 2 aromatic carbocycles. The summed E-state index contributed by atoms with van der Waals surface area (Å²) in [5, 5.41) is 12.6. The molecule has 0 aliphatic heterocycles. The van der Waals surface area contributed by atoms with Crippen LogP contribution in [0, 0.1) is 6.92 Å². The highest BCUT2D eigenvalue weighted by molar-refractivity contribution is 6.31. The van der Waals surface area contributed by atoms with Gasteiger partial charge in [-0.25, -0.2) is 0 Å². The van der Waals surface area contributed by atoms with Gasteiger partial charge in [-0.3, -0.25) is 4.68 Å². The molecule has 8 heteroatoms. The van der Waals surface area contributed by atoms with Gasteiger partial charge in [0.15, 0.2) is 5.65 Å². The number of benzene rings is 2. The van der Waals surface area contributed by atoms with Crippen molar-refractivity contribution in [2.24, 2.45) is 12.8 Å². The number of nitrogens with two attached hydrogens (primary N) is 1. The highest BCUT2D eigenvalue weighted by Crippen LogP contribution is 2.23. The van der Waals surface area contributed by atoms with Crippen LogP contribution in [-0.4, -0.2) is 26.3 Å². The van der Waals surface area contributed by atoms with Gasteiger partial charge < -0.3 is 16.4 Å². The van der Waals surface area contributed by atoms with Crippen LogP contribution in [-0.2, 0) is 13.6 Å². The second-order valence-corrected chi connectivity index (χ2v) is 7.64. The molecule has 154 valence electrons. The van der Waals surface area contributed by atoms with Crippen molar-refractivity contribution in [3.8, 4) is 0 Å². The molecule has 7 nitrogen and oxygen atoms in total. The van der Waals surface area contributed by atoms with Gasteiger partial charge in [-0.05, 0) is 29.7 Å². The second kappa shape index (κ2) is 8.69. The molecule has 30 heavy (non-hydrogen) atoms. The summed E-state index contributed by atoms with van der Waals surface area (Å²) in [6, 6.07) is 15.8. The Labute approximate surface area is 180 Å². The number of anilines is 2. The van der Waals surface area contributed by atoms with Crippen molar-refractivity contribution in [3.05, 3.63) is 76.4 Å². The van der Waals surface area contributed by atoms with Gasteiger partial charge in [-0.2, -0.15) is 15.1 Å². The van der Waals surface area contributed by atoms with Gasteiger partial charge in [0.25, 0.3) is 0 Å². The summed E-state index contributed by atoms with van der Waals surface area (Å²) < 4.78 is 1.73.